The van der Waals surface area contributed by atoms with Crippen LogP contribution < -0.4 is 5.32 Å². The van der Waals surface area contributed by atoms with Crippen molar-refractivity contribution in [3.05, 3.63) is 23.5 Å². The van der Waals surface area contributed by atoms with E-state index in [-0.39, 0.29) is 17.2 Å². The molecule has 1 saturated carbocycles. The quantitative estimate of drug-likeness (QED) is 0.882. The van der Waals surface area contributed by atoms with Gasteiger partial charge in [-0.15, -0.1) is 0 Å². The number of carbonyl (C=O) groups excluding carboxylic acids is 1. The lowest BCUT2D eigenvalue weighted by Crippen LogP contribution is -2.37. The summed E-state index contributed by atoms with van der Waals surface area (Å²) in [6.45, 7) is 4.34. The van der Waals surface area contributed by atoms with Crippen molar-refractivity contribution in [1.82, 2.24) is 4.98 Å². The van der Waals surface area contributed by atoms with Gasteiger partial charge in [-0.1, -0.05) is 38.3 Å². The molecule has 4 heteroatoms. The van der Waals surface area contributed by atoms with Crippen LogP contribution in [0.25, 0.3) is 0 Å². The van der Waals surface area contributed by atoms with Crippen LogP contribution in [0.1, 0.15) is 39.5 Å². The van der Waals surface area contributed by atoms with Crippen molar-refractivity contribution in [2.75, 3.05) is 5.32 Å². The average molecular weight is 267 g/mol. The molecule has 0 saturated heterocycles. The minimum atomic E-state index is 0.0579. The van der Waals surface area contributed by atoms with Crippen LogP contribution in [0.4, 0.5) is 5.69 Å². The number of halogens is 1. The molecule has 0 radical (unpaired) electrons. The monoisotopic (exact) mass is 266 g/mol. The molecule has 0 spiro atoms. The van der Waals surface area contributed by atoms with Gasteiger partial charge in [0, 0.05) is 12.1 Å². The second-order valence-corrected chi connectivity index (χ2v) is 6.04. The van der Waals surface area contributed by atoms with Crippen molar-refractivity contribution in [3.8, 4) is 0 Å². The molecular weight excluding hydrogens is 248 g/mol. The maximum absolute atomic E-state index is 12.3. The topological polar surface area (TPSA) is 42.0 Å². The van der Waals surface area contributed by atoms with Crippen molar-refractivity contribution in [2.24, 2.45) is 11.3 Å². The molecular formula is C14H19ClN2O. The Kier molecular flexibility index (Phi) is 3.91. The van der Waals surface area contributed by atoms with Crippen LogP contribution in [0.3, 0.4) is 0 Å². The van der Waals surface area contributed by atoms with Crippen LogP contribution in [0.2, 0.25) is 5.02 Å². The number of nitrogens with one attached hydrogen (secondary N) is 1. The third-order valence-corrected chi connectivity index (χ3v) is 4.18. The number of carbonyl (C=O) groups is 1. The second kappa shape index (κ2) is 5.27. The van der Waals surface area contributed by atoms with Gasteiger partial charge in [-0.3, -0.25) is 9.78 Å². The molecule has 18 heavy (non-hydrogen) atoms. The Labute approximate surface area is 113 Å². The van der Waals surface area contributed by atoms with E-state index >= 15 is 0 Å². The molecule has 1 heterocycles. The molecule has 0 bridgehead atoms. The first-order chi connectivity index (χ1) is 8.50. The largest absolute Gasteiger partial charge is 0.323 e. The zero-order chi connectivity index (χ0) is 13.2. The number of nitrogens with zero attached hydrogens (tertiary/aromatic N) is 1. The van der Waals surface area contributed by atoms with Gasteiger partial charge in [-0.2, -0.15) is 0 Å². The number of rotatable bonds is 2. The fraction of sp³-hybridized carbons (Fsp3) is 0.571. The predicted molar refractivity (Wildman–Crippen MR) is 73.6 cm³/mol. The number of hydrogen-bond acceptors (Lipinski definition) is 2. The van der Waals surface area contributed by atoms with E-state index in [9.17, 15) is 4.79 Å². The van der Waals surface area contributed by atoms with E-state index in [4.69, 9.17) is 11.6 Å². The SMILES string of the molecule is CC1(C)CCCCC1C(=O)Nc1cnccc1Cl. The first-order valence-corrected chi connectivity index (χ1v) is 6.79. The highest BCUT2D eigenvalue weighted by atomic mass is 35.5. The van der Waals surface area contributed by atoms with E-state index < -0.39 is 0 Å². The minimum Gasteiger partial charge on any atom is -0.323 e. The smallest absolute Gasteiger partial charge is 0.228 e. The van der Waals surface area contributed by atoms with Crippen molar-refractivity contribution in [1.29, 1.82) is 0 Å². The van der Waals surface area contributed by atoms with Crippen molar-refractivity contribution in [2.45, 2.75) is 39.5 Å². The predicted octanol–water partition coefficient (Wildman–Crippen LogP) is 3.89. The number of anilines is 1. The summed E-state index contributed by atoms with van der Waals surface area (Å²) in [4.78, 5) is 16.3. The van der Waals surface area contributed by atoms with Crippen molar-refractivity contribution in [3.63, 3.8) is 0 Å². The lowest BCUT2D eigenvalue weighted by atomic mass is 9.68. The van der Waals surface area contributed by atoms with Crippen LogP contribution in [0, 0.1) is 11.3 Å². The Hall–Kier alpha value is -1.09. The molecule has 0 aromatic carbocycles. The second-order valence-electron chi connectivity index (χ2n) is 5.63. The van der Waals surface area contributed by atoms with Gasteiger partial charge in [0.05, 0.1) is 16.9 Å². The van der Waals surface area contributed by atoms with Gasteiger partial charge in [0.15, 0.2) is 0 Å². The summed E-state index contributed by atoms with van der Waals surface area (Å²) in [6, 6.07) is 1.68. The van der Waals surface area contributed by atoms with Crippen LogP contribution in [-0.2, 0) is 4.79 Å². The zero-order valence-corrected chi connectivity index (χ0v) is 11.6. The Morgan fingerprint density at radius 1 is 1.50 bits per heavy atom. The maximum Gasteiger partial charge on any atom is 0.228 e. The van der Waals surface area contributed by atoms with E-state index in [0.29, 0.717) is 10.7 Å². The molecule has 1 aromatic heterocycles. The fourth-order valence-electron chi connectivity index (χ4n) is 2.67. The molecule has 0 aliphatic heterocycles. The van der Waals surface area contributed by atoms with Crippen molar-refractivity contribution < 1.29 is 4.79 Å². The van der Waals surface area contributed by atoms with Crippen LogP contribution in [0.15, 0.2) is 18.5 Å². The molecule has 1 unspecified atom stereocenters. The number of amides is 1. The summed E-state index contributed by atoms with van der Waals surface area (Å²) in [5.41, 5.74) is 0.669. The molecule has 1 fully saturated rings. The minimum absolute atomic E-state index is 0.0579. The summed E-state index contributed by atoms with van der Waals surface area (Å²) in [5.74, 6) is 0.122. The molecule has 98 valence electrons. The third kappa shape index (κ3) is 2.83. The van der Waals surface area contributed by atoms with Crippen molar-refractivity contribution >= 4 is 23.2 Å². The van der Waals surface area contributed by atoms with Crippen LogP contribution in [-0.4, -0.2) is 10.9 Å². The maximum atomic E-state index is 12.3. The Morgan fingerprint density at radius 3 is 2.94 bits per heavy atom. The summed E-state index contributed by atoms with van der Waals surface area (Å²) in [7, 11) is 0. The van der Waals surface area contributed by atoms with Gasteiger partial charge in [0.1, 0.15) is 0 Å². The highest BCUT2D eigenvalue weighted by Crippen LogP contribution is 2.41. The third-order valence-electron chi connectivity index (χ3n) is 3.85. The molecule has 1 aliphatic rings. The Morgan fingerprint density at radius 2 is 2.28 bits per heavy atom. The van der Waals surface area contributed by atoms with Gasteiger partial charge in [-0.05, 0) is 24.3 Å². The average Bonchev–Trinajstić information content (AvgIpc) is 2.31. The van der Waals surface area contributed by atoms with Crippen LogP contribution in [0.5, 0.6) is 0 Å². The summed E-state index contributed by atoms with van der Waals surface area (Å²) in [6.07, 6.45) is 7.61. The first kappa shape index (κ1) is 13.3. The molecule has 1 amide bonds. The summed E-state index contributed by atoms with van der Waals surface area (Å²) < 4.78 is 0. The van der Waals surface area contributed by atoms with E-state index in [2.05, 4.69) is 24.1 Å². The van der Waals surface area contributed by atoms with Gasteiger partial charge < -0.3 is 5.32 Å². The summed E-state index contributed by atoms with van der Waals surface area (Å²) >= 11 is 6.02. The molecule has 3 nitrogen and oxygen atoms in total. The Bertz CT molecular complexity index is 445. The molecule has 1 N–H and O–H groups in total. The van der Waals surface area contributed by atoms with Gasteiger partial charge in [-0.25, -0.2) is 0 Å². The fourth-order valence-corrected chi connectivity index (χ4v) is 2.82. The van der Waals surface area contributed by atoms with E-state index in [1.165, 1.54) is 6.42 Å². The highest BCUT2D eigenvalue weighted by molar-refractivity contribution is 6.33. The van der Waals surface area contributed by atoms with Crippen LogP contribution >= 0.6 is 11.6 Å². The number of aromatic nitrogens is 1. The molecule has 2 rings (SSSR count). The number of pyridine rings is 1. The number of hydrogen-bond donors (Lipinski definition) is 1. The lowest BCUT2D eigenvalue weighted by Gasteiger charge is -2.37. The lowest BCUT2D eigenvalue weighted by molar-refractivity contribution is -0.124. The molecule has 1 aromatic rings. The highest BCUT2D eigenvalue weighted by Gasteiger charge is 2.37. The van der Waals surface area contributed by atoms with Gasteiger partial charge >= 0.3 is 0 Å². The Balaban J connectivity index is 2.10. The zero-order valence-electron chi connectivity index (χ0n) is 10.9. The van der Waals surface area contributed by atoms with E-state index in [1.807, 2.05) is 0 Å². The normalized spacial score (nSPS) is 22.5. The summed E-state index contributed by atoms with van der Waals surface area (Å²) in [5, 5.41) is 3.44. The van der Waals surface area contributed by atoms with Gasteiger partial charge in [0.25, 0.3) is 0 Å². The molecule has 1 atom stereocenters. The van der Waals surface area contributed by atoms with E-state index in [1.54, 1.807) is 18.5 Å². The van der Waals surface area contributed by atoms with E-state index in [0.717, 1.165) is 19.3 Å². The van der Waals surface area contributed by atoms with Gasteiger partial charge in [0.2, 0.25) is 5.91 Å². The molecule has 1 aliphatic carbocycles. The first-order valence-electron chi connectivity index (χ1n) is 6.41. The standard InChI is InChI=1S/C14H19ClN2O/c1-14(2)7-4-3-5-10(14)13(18)17-12-9-16-8-6-11(12)15/h6,8-10H,3-5,7H2,1-2H3,(H,17,18).